The molecule has 2 aromatic rings. The smallest absolute Gasteiger partial charge is 0.332 e. The van der Waals surface area contributed by atoms with Crippen molar-refractivity contribution in [3.05, 3.63) is 64.9 Å². The van der Waals surface area contributed by atoms with E-state index in [9.17, 15) is 28.7 Å². The fourth-order valence-electron chi connectivity index (χ4n) is 4.53. The molecule has 4 rings (SSSR count). The summed E-state index contributed by atoms with van der Waals surface area (Å²) >= 11 is 5.91. The molecule has 0 N–H and O–H groups in total. The van der Waals surface area contributed by atoms with Gasteiger partial charge in [-0.2, -0.15) is 0 Å². The summed E-state index contributed by atoms with van der Waals surface area (Å²) in [5.41, 5.74) is 0.953. The van der Waals surface area contributed by atoms with E-state index in [0.29, 0.717) is 6.42 Å². The summed E-state index contributed by atoms with van der Waals surface area (Å²) in [5.74, 6) is -2.91. The predicted molar refractivity (Wildman–Crippen MR) is 119 cm³/mol. The molecule has 2 fully saturated rings. The molecule has 178 valence electrons. The van der Waals surface area contributed by atoms with Crippen LogP contribution in [0.1, 0.15) is 31.2 Å². The van der Waals surface area contributed by atoms with Crippen molar-refractivity contribution in [3.63, 3.8) is 0 Å². The van der Waals surface area contributed by atoms with Gasteiger partial charge >= 0.3 is 6.03 Å². The van der Waals surface area contributed by atoms with E-state index in [2.05, 4.69) is 0 Å². The number of aliphatic carboxylic acids is 1. The highest BCUT2D eigenvalue weighted by molar-refractivity contribution is 6.31. The van der Waals surface area contributed by atoms with Gasteiger partial charge in [0.05, 0.1) is 16.8 Å². The van der Waals surface area contributed by atoms with E-state index in [4.69, 9.17) is 11.6 Å². The normalized spacial score (nSPS) is 20.0. The first-order valence-electron chi connectivity index (χ1n) is 10.9. The van der Waals surface area contributed by atoms with Gasteiger partial charge in [-0.1, -0.05) is 41.9 Å². The Hall–Kier alpha value is -3.46. The number of carbonyl (C=O) groups is 4. The van der Waals surface area contributed by atoms with E-state index < -0.39 is 35.8 Å². The number of imide groups is 1. The molecule has 2 aromatic carbocycles. The Balaban J connectivity index is 1.67. The number of carbonyl (C=O) groups excluding carboxylic acids is 4. The van der Waals surface area contributed by atoms with Crippen molar-refractivity contribution >= 4 is 41.1 Å². The number of amides is 4. The fraction of sp³-hybridized carbons (Fsp3) is 0.333. The molecule has 2 atom stereocenters. The molecule has 2 saturated heterocycles. The maximum absolute atomic E-state index is 13.8. The average Bonchev–Trinajstić information content (AvgIpc) is 3.25. The van der Waals surface area contributed by atoms with Crippen LogP contribution in [0, 0.1) is 5.82 Å². The monoisotopic (exact) mass is 486 g/mol. The van der Waals surface area contributed by atoms with E-state index in [0.717, 1.165) is 16.5 Å². The van der Waals surface area contributed by atoms with Crippen molar-refractivity contribution in [2.75, 3.05) is 11.4 Å². The Labute approximate surface area is 200 Å². The molecule has 34 heavy (non-hydrogen) atoms. The summed E-state index contributed by atoms with van der Waals surface area (Å²) in [6.45, 7) is 0.466. The van der Waals surface area contributed by atoms with E-state index >= 15 is 0 Å². The molecule has 10 heteroatoms. The largest absolute Gasteiger partial charge is 0.550 e. The summed E-state index contributed by atoms with van der Waals surface area (Å²) in [4.78, 5) is 54.6. The highest BCUT2D eigenvalue weighted by Crippen LogP contribution is 2.35. The third-order valence-corrected chi connectivity index (χ3v) is 6.42. The van der Waals surface area contributed by atoms with Crippen molar-refractivity contribution in [2.24, 2.45) is 0 Å². The molecule has 8 nitrogen and oxygen atoms in total. The molecular weight excluding hydrogens is 465 g/mol. The average molecular weight is 487 g/mol. The number of anilines is 1. The number of fused-ring (bicyclic) bond motifs is 1. The first-order valence-corrected chi connectivity index (χ1v) is 11.3. The van der Waals surface area contributed by atoms with Gasteiger partial charge < -0.3 is 19.7 Å². The molecule has 2 aliphatic heterocycles. The van der Waals surface area contributed by atoms with Gasteiger partial charge in [-0.25, -0.2) is 14.1 Å². The Bertz CT molecular complexity index is 1130. The van der Waals surface area contributed by atoms with Crippen LogP contribution in [0.2, 0.25) is 5.02 Å². The number of benzene rings is 2. The molecular formula is C24H22ClFN3O5-. The molecule has 0 bridgehead atoms. The van der Waals surface area contributed by atoms with Gasteiger partial charge in [0.15, 0.2) is 0 Å². The zero-order valence-electron chi connectivity index (χ0n) is 18.2. The van der Waals surface area contributed by atoms with E-state index in [1.807, 2.05) is 30.3 Å². The molecule has 0 saturated carbocycles. The Kier molecular flexibility index (Phi) is 6.83. The number of urea groups is 1. The summed E-state index contributed by atoms with van der Waals surface area (Å²) < 4.78 is 13.8. The number of carboxylic acid groups (broad SMARTS) is 1. The maximum atomic E-state index is 13.8. The number of carboxylic acids is 1. The number of hydrogen-bond acceptors (Lipinski definition) is 5. The van der Waals surface area contributed by atoms with Crippen LogP contribution in [0.25, 0.3) is 0 Å². The van der Waals surface area contributed by atoms with Gasteiger partial charge in [-0.15, -0.1) is 0 Å². The topological polar surface area (TPSA) is 101 Å². The number of hydrogen-bond donors (Lipinski definition) is 0. The van der Waals surface area contributed by atoms with Crippen LogP contribution in [0.4, 0.5) is 14.9 Å². The van der Waals surface area contributed by atoms with Crippen LogP contribution in [0.15, 0.2) is 48.5 Å². The lowest BCUT2D eigenvalue weighted by molar-refractivity contribution is -0.305. The van der Waals surface area contributed by atoms with Crippen LogP contribution in [0.5, 0.6) is 0 Å². The highest BCUT2D eigenvalue weighted by atomic mass is 35.5. The van der Waals surface area contributed by atoms with Gasteiger partial charge in [-0.05, 0) is 43.0 Å². The summed E-state index contributed by atoms with van der Waals surface area (Å²) in [7, 11) is 0. The third-order valence-electron chi connectivity index (χ3n) is 6.13. The van der Waals surface area contributed by atoms with Gasteiger partial charge in [0.25, 0.3) is 5.91 Å². The Morgan fingerprint density at radius 3 is 2.50 bits per heavy atom. The molecule has 0 aliphatic carbocycles. The first-order chi connectivity index (χ1) is 16.3. The van der Waals surface area contributed by atoms with Crippen LogP contribution < -0.4 is 10.0 Å². The summed E-state index contributed by atoms with van der Waals surface area (Å²) in [5, 5.41) is 10.5. The molecule has 2 heterocycles. The van der Waals surface area contributed by atoms with Crippen LogP contribution in [-0.2, 0) is 20.9 Å². The molecule has 2 aliphatic rings. The van der Waals surface area contributed by atoms with E-state index in [-0.39, 0.29) is 49.0 Å². The highest BCUT2D eigenvalue weighted by Gasteiger charge is 2.53. The molecule has 0 unspecified atom stereocenters. The number of halogens is 2. The van der Waals surface area contributed by atoms with Crippen molar-refractivity contribution in [3.8, 4) is 0 Å². The lowest BCUT2D eigenvalue weighted by Crippen LogP contribution is -2.66. The number of nitrogens with zero attached hydrogens (tertiary/aromatic N) is 3. The van der Waals surface area contributed by atoms with Crippen molar-refractivity contribution in [1.29, 1.82) is 0 Å². The first kappa shape index (κ1) is 23.7. The van der Waals surface area contributed by atoms with Crippen LogP contribution >= 0.6 is 11.6 Å². The third kappa shape index (κ3) is 4.61. The molecule has 0 aromatic heterocycles. The van der Waals surface area contributed by atoms with Crippen molar-refractivity contribution < 1.29 is 28.7 Å². The fourth-order valence-corrected chi connectivity index (χ4v) is 4.71. The number of rotatable bonds is 7. The Morgan fingerprint density at radius 1 is 1.09 bits per heavy atom. The van der Waals surface area contributed by atoms with Crippen molar-refractivity contribution in [1.82, 2.24) is 9.80 Å². The zero-order valence-corrected chi connectivity index (χ0v) is 18.9. The predicted octanol–water partition coefficient (Wildman–Crippen LogP) is 2.34. The quantitative estimate of drug-likeness (QED) is 0.598. The summed E-state index contributed by atoms with van der Waals surface area (Å²) in [6, 6.07) is 10.7. The lowest BCUT2D eigenvalue weighted by Gasteiger charge is -2.43. The minimum absolute atomic E-state index is 0.0561. The second-order valence-electron chi connectivity index (χ2n) is 8.28. The van der Waals surface area contributed by atoms with E-state index in [1.54, 1.807) is 4.90 Å². The Morgan fingerprint density at radius 2 is 1.82 bits per heavy atom. The van der Waals surface area contributed by atoms with Crippen LogP contribution in [0.3, 0.4) is 0 Å². The number of likely N-dealkylation sites (tertiary alicyclic amines) is 1. The second-order valence-corrected chi connectivity index (χ2v) is 8.69. The standard InChI is InChI=1S/C24H23ClFN3O5/c25-17-13-16(9-10-18(17)26)29-23(33)22-19(11-12-27(22)20(30)7-4-8-21(31)32)28(24(29)34)14-15-5-2-1-3-6-15/h1-3,5-6,9-10,13,19,22H,4,7-8,11-12,14H2,(H,31,32)/p-1/t19-,22+/m1/s1. The summed E-state index contributed by atoms with van der Waals surface area (Å²) in [6.07, 6.45) is 0.173. The van der Waals surface area contributed by atoms with Crippen LogP contribution in [-0.4, -0.2) is 52.2 Å². The van der Waals surface area contributed by atoms with Gasteiger partial charge in [0.1, 0.15) is 11.9 Å². The zero-order chi connectivity index (χ0) is 24.4. The van der Waals surface area contributed by atoms with Crippen molar-refractivity contribution in [2.45, 2.75) is 44.3 Å². The maximum Gasteiger partial charge on any atom is 0.332 e. The SMILES string of the molecule is O=C([O-])CCCC(=O)N1CC[C@@H]2[C@H]1C(=O)N(c1ccc(F)c(Cl)c1)C(=O)N2Cc1ccccc1. The lowest BCUT2D eigenvalue weighted by atomic mass is 10.0. The van der Waals surface area contributed by atoms with Gasteiger partial charge in [0.2, 0.25) is 5.91 Å². The molecule has 4 amide bonds. The van der Waals surface area contributed by atoms with Gasteiger partial charge in [0, 0.05) is 25.5 Å². The minimum Gasteiger partial charge on any atom is -0.550 e. The van der Waals surface area contributed by atoms with E-state index in [1.165, 1.54) is 17.0 Å². The van der Waals surface area contributed by atoms with Gasteiger partial charge in [-0.3, -0.25) is 9.59 Å². The minimum atomic E-state index is -1.25. The second kappa shape index (κ2) is 9.80. The molecule has 0 radical (unpaired) electrons. The molecule has 0 spiro atoms.